The number of carbonyl (C=O) groups is 1. The predicted molar refractivity (Wildman–Crippen MR) is 103 cm³/mol. The van der Waals surface area contributed by atoms with Crippen molar-refractivity contribution < 1.29 is 4.79 Å². The Kier molecular flexibility index (Phi) is 4.12. The third kappa shape index (κ3) is 3.27. The number of hydrogen-bond donors (Lipinski definition) is 1. The van der Waals surface area contributed by atoms with Crippen LogP contribution in [0, 0.1) is 13.8 Å². The van der Waals surface area contributed by atoms with Gasteiger partial charge in [-0.25, -0.2) is 15.0 Å². The maximum Gasteiger partial charge on any atom is 0.273 e. The second-order valence-electron chi connectivity index (χ2n) is 6.37. The summed E-state index contributed by atoms with van der Waals surface area (Å²) >= 11 is 0. The molecule has 0 aliphatic carbocycles. The Morgan fingerprint density at radius 3 is 2.63 bits per heavy atom. The van der Waals surface area contributed by atoms with Crippen molar-refractivity contribution in [2.45, 2.75) is 13.8 Å². The summed E-state index contributed by atoms with van der Waals surface area (Å²) in [4.78, 5) is 25.8. The van der Waals surface area contributed by atoms with E-state index >= 15 is 0 Å². The topological polar surface area (TPSA) is 85.6 Å². The van der Waals surface area contributed by atoms with Gasteiger partial charge in [-0.1, -0.05) is 0 Å². The number of nitrogens with zero attached hydrogens (tertiary/aromatic N) is 5. The van der Waals surface area contributed by atoms with Crippen molar-refractivity contribution in [2.24, 2.45) is 7.05 Å². The van der Waals surface area contributed by atoms with Crippen molar-refractivity contribution >= 4 is 22.6 Å². The van der Waals surface area contributed by atoms with Gasteiger partial charge in [-0.3, -0.25) is 9.48 Å². The zero-order valence-electron chi connectivity index (χ0n) is 15.3. The number of rotatable bonds is 3. The van der Waals surface area contributed by atoms with Gasteiger partial charge in [0, 0.05) is 30.2 Å². The fraction of sp³-hybridized carbons (Fsp3) is 0.150. The summed E-state index contributed by atoms with van der Waals surface area (Å²) in [6.45, 7) is 3.91. The predicted octanol–water partition coefficient (Wildman–Crippen LogP) is 3.29. The Morgan fingerprint density at radius 1 is 1.04 bits per heavy atom. The monoisotopic (exact) mass is 358 g/mol. The highest BCUT2D eigenvalue weighted by Gasteiger charge is 2.12. The van der Waals surface area contributed by atoms with Crippen LogP contribution in [0.15, 0.2) is 48.8 Å². The zero-order chi connectivity index (χ0) is 19.0. The van der Waals surface area contributed by atoms with Crippen LogP contribution in [-0.2, 0) is 7.05 Å². The first kappa shape index (κ1) is 16.8. The van der Waals surface area contributed by atoms with E-state index < -0.39 is 0 Å². The molecule has 0 unspecified atom stereocenters. The van der Waals surface area contributed by atoms with Crippen molar-refractivity contribution in [3.63, 3.8) is 0 Å². The van der Waals surface area contributed by atoms with Gasteiger partial charge in [0.2, 0.25) is 0 Å². The van der Waals surface area contributed by atoms with Crippen molar-refractivity contribution in [1.29, 1.82) is 0 Å². The molecule has 4 rings (SSSR count). The average Bonchev–Trinajstić information content (AvgIpc) is 3.07. The van der Waals surface area contributed by atoms with Gasteiger partial charge < -0.3 is 5.32 Å². The van der Waals surface area contributed by atoms with Crippen LogP contribution in [0.2, 0.25) is 0 Å². The third-order valence-corrected chi connectivity index (χ3v) is 4.36. The van der Waals surface area contributed by atoms with E-state index in [1.807, 2.05) is 44.2 Å². The molecule has 7 heteroatoms. The molecule has 7 nitrogen and oxygen atoms in total. The molecule has 27 heavy (non-hydrogen) atoms. The van der Waals surface area contributed by atoms with E-state index in [-0.39, 0.29) is 5.91 Å². The van der Waals surface area contributed by atoms with E-state index in [0.29, 0.717) is 17.2 Å². The number of aryl methyl sites for hydroxylation is 3. The lowest BCUT2D eigenvalue weighted by Gasteiger charge is -2.10. The van der Waals surface area contributed by atoms with E-state index in [1.54, 1.807) is 25.5 Å². The first-order valence-electron chi connectivity index (χ1n) is 8.52. The Morgan fingerprint density at radius 2 is 1.89 bits per heavy atom. The quantitative estimate of drug-likeness (QED) is 0.607. The van der Waals surface area contributed by atoms with Gasteiger partial charge in [-0.05, 0) is 55.8 Å². The summed E-state index contributed by atoms with van der Waals surface area (Å²) in [5.74, 6) is 0.431. The van der Waals surface area contributed by atoms with Crippen LogP contribution in [-0.4, -0.2) is 30.6 Å². The van der Waals surface area contributed by atoms with Crippen molar-refractivity contribution in [2.75, 3.05) is 5.32 Å². The molecule has 0 radical (unpaired) electrons. The minimum Gasteiger partial charge on any atom is -0.321 e. The second kappa shape index (κ2) is 6.60. The van der Waals surface area contributed by atoms with Crippen molar-refractivity contribution in [3.8, 4) is 11.4 Å². The number of carbonyl (C=O) groups excluding carboxylic acids is 1. The molecule has 0 fully saturated rings. The number of pyridine rings is 1. The molecule has 0 atom stereocenters. The fourth-order valence-electron chi connectivity index (χ4n) is 2.94. The lowest BCUT2D eigenvalue weighted by molar-refractivity contribution is 0.101. The lowest BCUT2D eigenvalue weighted by atomic mass is 10.1. The molecule has 0 spiro atoms. The van der Waals surface area contributed by atoms with Gasteiger partial charge in [0.05, 0.1) is 11.7 Å². The van der Waals surface area contributed by atoms with Gasteiger partial charge in [-0.2, -0.15) is 5.10 Å². The number of fused-ring (bicyclic) bond motifs is 1. The molecule has 1 amide bonds. The molecule has 3 aromatic heterocycles. The van der Waals surface area contributed by atoms with Gasteiger partial charge in [0.15, 0.2) is 5.82 Å². The van der Waals surface area contributed by atoms with Crippen LogP contribution in [0.3, 0.4) is 0 Å². The fourth-order valence-corrected chi connectivity index (χ4v) is 2.94. The average molecular weight is 358 g/mol. The third-order valence-electron chi connectivity index (χ3n) is 4.36. The van der Waals surface area contributed by atoms with Gasteiger partial charge in [0.1, 0.15) is 11.2 Å². The van der Waals surface area contributed by atoms with Crippen LogP contribution in [0.1, 0.15) is 21.7 Å². The summed E-state index contributed by atoms with van der Waals surface area (Å²) < 4.78 is 1.54. The Labute approximate surface area is 156 Å². The number of hydrogen-bond acceptors (Lipinski definition) is 5. The molecule has 1 aromatic carbocycles. The van der Waals surface area contributed by atoms with E-state index in [0.717, 1.165) is 27.9 Å². The molecule has 1 N–H and O–H groups in total. The van der Waals surface area contributed by atoms with E-state index in [1.165, 1.54) is 4.68 Å². The summed E-state index contributed by atoms with van der Waals surface area (Å²) in [7, 11) is 1.73. The van der Waals surface area contributed by atoms with E-state index in [2.05, 4.69) is 25.4 Å². The summed E-state index contributed by atoms with van der Waals surface area (Å²) in [6, 6.07) is 11.2. The molecular formula is C20H18N6O. The summed E-state index contributed by atoms with van der Waals surface area (Å²) in [6.07, 6.45) is 3.33. The lowest BCUT2D eigenvalue weighted by Crippen LogP contribution is -2.16. The van der Waals surface area contributed by atoms with E-state index in [9.17, 15) is 4.79 Å². The maximum atomic E-state index is 12.3. The molecule has 3 heterocycles. The molecule has 134 valence electrons. The second-order valence-corrected chi connectivity index (χ2v) is 6.37. The number of amides is 1. The SMILES string of the molecule is Cc1ccc2nc(-c3ccc(NC(=O)c4ccnn4C)cc3C)ncc2n1. The summed E-state index contributed by atoms with van der Waals surface area (Å²) in [5.41, 5.74) is 5.60. The smallest absolute Gasteiger partial charge is 0.273 e. The molecule has 0 bridgehead atoms. The highest BCUT2D eigenvalue weighted by molar-refractivity contribution is 6.03. The van der Waals surface area contributed by atoms with Crippen molar-refractivity contribution in [3.05, 3.63) is 65.7 Å². The van der Waals surface area contributed by atoms with Crippen LogP contribution >= 0.6 is 0 Å². The number of benzene rings is 1. The Balaban J connectivity index is 1.63. The maximum absolute atomic E-state index is 12.3. The standard InChI is InChI=1S/C20H18N6O/c1-12-10-14(24-20(27)18-8-9-22-26(18)3)5-6-15(12)19-21-11-17-16(25-19)7-4-13(2)23-17/h4-11H,1-3H3,(H,24,27). The Bertz CT molecular complexity index is 1160. The summed E-state index contributed by atoms with van der Waals surface area (Å²) in [5, 5.41) is 6.91. The van der Waals surface area contributed by atoms with Crippen LogP contribution in [0.4, 0.5) is 5.69 Å². The molecule has 0 saturated heterocycles. The molecule has 0 aliphatic rings. The Hall–Kier alpha value is -3.61. The zero-order valence-corrected chi connectivity index (χ0v) is 15.3. The number of anilines is 1. The molecule has 4 aromatic rings. The normalized spacial score (nSPS) is 10.9. The van der Waals surface area contributed by atoms with Gasteiger partial charge in [-0.15, -0.1) is 0 Å². The number of aromatic nitrogens is 5. The first-order valence-corrected chi connectivity index (χ1v) is 8.52. The highest BCUT2D eigenvalue weighted by atomic mass is 16.2. The minimum atomic E-state index is -0.203. The first-order chi connectivity index (χ1) is 13.0. The highest BCUT2D eigenvalue weighted by Crippen LogP contribution is 2.24. The number of nitrogens with one attached hydrogen (secondary N) is 1. The van der Waals surface area contributed by atoms with Crippen molar-refractivity contribution in [1.82, 2.24) is 24.7 Å². The van der Waals surface area contributed by atoms with Gasteiger partial charge in [0.25, 0.3) is 5.91 Å². The van der Waals surface area contributed by atoms with Crippen LogP contribution < -0.4 is 5.32 Å². The van der Waals surface area contributed by atoms with Gasteiger partial charge >= 0.3 is 0 Å². The van der Waals surface area contributed by atoms with E-state index in [4.69, 9.17) is 0 Å². The molecule has 0 saturated carbocycles. The minimum absolute atomic E-state index is 0.203. The molecular weight excluding hydrogens is 340 g/mol. The van der Waals surface area contributed by atoms with Crippen LogP contribution in [0.25, 0.3) is 22.4 Å². The molecule has 0 aliphatic heterocycles. The van der Waals surface area contributed by atoms with Crippen LogP contribution in [0.5, 0.6) is 0 Å². The largest absolute Gasteiger partial charge is 0.321 e.